The van der Waals surface area contributed by atoms with Crippen molar-refractivity contribution in [3.8, 4) is 17.2 Å². The molecule has 8 nitrogen and oxygen atoms in total. The molecule has 2 aromatic carbocycles. The Balaban J connectivity index is 1.58. The van der Waals surface area contributed by atoms with E-state index in [9.17, 15) is 9.59 Å². The number of hydrogen-bond donors (Lipinski definition) is 0. The molecule has 0 spiro atoms. The summed E-state index contributed by atoms with van der Waals surface area (Å²) >= 11 is 0. The predicted molar refractivity (Wildman–Crippen MR) is 135 cm³/mol. The molecule has 2 unspecified atom stereocenters. The number of rotatable bonds is 8. The predicted octanol–water partition coefficient (Wildman–Crippen LogP) is 4.00. The van der Waals surface area contributed by atoms with Gasteiger partial charge in [0.25, 0.3) is 0 Å². The van der Waals surface area contributed by atoms with E-state index in [1.165, 1.54) is 7.11 Å². The summed E-state index contributed by atoms with van der Waals surface area (Å²) in [6, 6.07) is 13.0. The zero-order chi connectivity index (χ0) is 25.9. The smallest absolute Gasteiger partial charge is 0.323 e. The van der Waals surface area contributed by atoms with Crippen LogP contribution in [-0.2, 0) is 27.4 Å². The number of likely N-dealkylation sites (tertiary alicyclic amines) is 1. The Kier molecular flexibility index (Phi) is 7.73. The molecule has 0 radical (unpaired) electrons. The van der Waals surface area contributed by atoms with Gasteiger partial charge in [0.15, 0.2) is 11.5 Å². The summed E-state index contributed by atoms with van der Waals surface area (Å²) in [6.07, 6.45) is 0.926. The fourth-order valence-electron chi connectivity index (χ4n) is 4.88. The summed E-state index contributed by atoms with van der Waals surface area (Å²) in [6.45, 7) is 7.94. The van der Waals surface area contributed by atoms with Crippen LogP contribution in [0.1, 0.15) is 44.7 Å². The van der Waals surface area contributed by atoms with Gasteiger partial charge in [-0.3, -0.25) is 14.5 Å². The van der Waals surface area contributed by atoms with Crippen molar-refractivity contribution in [3.05, 3.63) is 53.6 Å². The zero-order valence-corrected chi connectivity index (χ0v) is 21.8. The quantitative estimate of drug-likeness (QED) is 0.511. The summed E-state index contributed by atoms with van der Waals surface area (Å²) in [5.74, 6) is 1.96. The first-order chi connectivity index (χ1) is 17.2. The third kappa shape index (κ3) is 6.10. The van der Waals surface area contributed by atoms with Crippen molar-refractivity contribution in [2.45, 2.75) is 58.8 Å². The van der Waals surface area contributed by atoms with Crippen LogP contribution >= 0.6 is 0 Å². The number of hydrogen-bond acceptors (Lipinski definition) is 7. The van der Waals surface area contributed by atoms with Crippen LogP contribution in [0.3, 0.4) is 0 Å². The molecule has 36 heavy (non-hydrogen) atoms. The first kappa shape index (κ1) is 25.8. The van der Waals surface area contributed by atoms with Gasteiger partial charge in [-0.25, -0.2) is 0 Å². The van der Waals surface area contributed by atoms with E-state index in [1.807, 2.05) is 47.4 Å². The van der Waals surface area contributed by atoms with Gasteiger partial charge in [-0.1, -0.05) is 39.0 Å². The van der Waals surface area contributed by atoms with Gasteiger partial charge >= 0.3 is 5.97 Å². The molecule has 2 aliphatic rings. The topological polar surface area (TPSA) is 77.5 Å². The van der Waals surface area contributed by atoms with Crippen LogP contribution in [0.15, 0.2) is 42.5 Å². The van der Waals surface area contributed by atoms with Crippen molar-refractivity contribution in [3.63, 3.8) is 0 Å². The molecule has 0 aromatic heterocycles. The molecule has 1 amide bonds. The van der Waals surface area contributed by atoms with E-state index in [4.69, 9.17) is 18.9 Å². The highest BCUT2D eigenvalue weighted by atomic mass is 16.7. The Morgan fingerprint density at radius 2 is 1.83 bits per heavy atom. The molecular weight excluding hydrogens is 460 g/mol. The van der Waals surface area contributed by atoms with E-state index < -0.39 is 6.04 Å². The minimum absolute atomic E-state index is 0.0730. The average Bonchev–Trinajstić information content (AvgIpc) is 3.48. The second-order valence-electron chi connectivity index (χ2n) is 10.7. The fourth-order valence-corrected chi connectivity index (χ4v) is 4.88. The Morgan fingerprint density at radius 1 is 1.06 bits per heavy atom. The van der Waals surface area contributed by atoms with Crippen molar-refractivity contribution in [1.82, 2.24) is 9.80 Å². The third-order valence-corrected chi connectivity index (χ3v) is 6.61. The number of esters is 1. The number of ether oxygens (including phenoxy) is 4. The number of amides is 1. The molecule has 1 saturated heterocycles. The van der Waals surface area contributed by atoms with Crippen molar-refractivity contribution in [2.75, 3.05) is 27.6 Å². The molecule has 0 bridgehead atoms. The summed E-state index contributed by atoms with van der Waals surface area (Å²) in [5.41, 5.74) is 1.84. The standard InChI is InChI=1S/C28H36N2O6/c1-28(2,3)14-26(31)30(16-19-7-6-8-22(11-19)33-4)21-13-23(27(32)34-5)29(17-21)15-20-9-10-24-25(12-20)36-18-35-24/h6-12,21,23H,13-18H2,1-5H3. The highest BCUT2D eigenvalue weighted by Gasteiger charge is 2.41. The second kappa shape index (κ2) is 10.8. The first-order valence-electron chi connectivity index (χ1n) is 12.3. The second-order valence-corrected chi connectivity index (χ2v) is 10.7. The summed E-state index contributed by atoms with van der Waals surface area (Å²) in [7, 11) is 3.04. The third-order valence-electron chi connectivity index (χ3n) is 6.61. The zero-order valence-electron chi connectivity index (χ0n) is 21.8. The van der Waals surface area contributed by atoms with E-state index in [-0.39, 0.29) is 30.1 Å². The van der Waals surface area contributed by atoms with Crippen LogP contribution in [0.2, 0.25) is 0 Å². The largest absolute Gasteiger partial charge is 0.497 e. The summed E-state index contributed by atoms with van der Waals surface area (Å²) in [5, 5.41) is 0. The number of methoxy groups -OCH3 is 2. The van der Waals surface area contributed by atoms with Crippen molar-refractivity contribution in [1.29, 1.82) is 0 Å². The lowest BCUT2D eigenvalue weighted by atomic mass is 9.91. The van der Waals surface area contributed by atoms with Gasteiger partial charge in [-0.2, -0.15) is 0 Å². The number of carbonyl (C=O) groups is 2. The van der Waals surface area contributed by atoms with Crippen LogP contribution in [0.5, 0.6) is 17.2 Å². The summed E-state index contributed by atoms with van der Waals surface area (Å²) in [4.78, 5) is 30.4. The van der Waals surface area contributed by atoms with Crippen LogP contribution in [0.4, 0.5) is 0 Å². The lowest BCUT2D eigenvalue weighted by molar-refractivity contribution is -0.146. The Morgan fingerprint density at radius 3 is 2.56 bits per heavy atom. The van der Waals surface area contributed by atoms with Crippen molar-refractivity contribution in [2.24, 2.45) is 5.41 Å². The number of benzene rings is 2. The number of carbonyl (C=O) groups excluding carboxylic acids is 2. The molecule has 0 aliphatic carbocycles. The normalized spacial score (nSPS) is 19.2. The van der Waals surface area contributed by atoms with Gasteiger partial charge < -0.3 is 23.8 Å². The average molecular weight is 497 g/mol. The highest BCUT2D eigenvalue weighted by molar-refractivity contribution is 5.79. The van der Waals surface area contributed by atoms with Crippen LogP contribution in [0, 0.1) is 5.41 Å². The Bertz CT molecular complexity index is 1100. The van der Waals surface area contributed by atoms with Gasteiger partial charge in [0, 0.05) is 32.1 Å². The van der Waals surface area contributed by atoms with E-state index in [0.717, 1.165) is 22.6 Å². The monoisotopic (exact) mass is 496 g/mol. The van der Waals surface area contributed by atoms with Crippen molar-refractivity contribution < 1.29 is 28.5 Å². The number of fused-ring (bicyclic) bond motifs is 1. The molecular formula is C28H36N2O6. The maximum Gasteiger partial charge on any atom is 0.323 e. The highest BCUT2D eigenvalue weighted by Crippen LogP contribution is 2.34. The SMILES string of the molecule is COC(=O)C1CC(N(Cc2cccc(OC)c2)C(=O)CC(C)(C)C)CN1Cc1ccc2c(c1)OCO2. The maximum absolute atomic E-state index is 13.6. The molecule has 2 heterocycles. The van der Waals surface area contributed by atoms with Gasteiger partial charge in [0.1, 0.15) is 11.8 Å². The van der Waals surface area contributed by atoms with E-state index in [0.29, 0.717) is 38.2 Å². The molecule has 4 rings (SSSR count). The molecule has 194 valence electrons. The van der Waals surface area contributed by atoms with E-state index in [1.54, 1.807) is 7.11 Å². The molecule has 0 N–H and O–H groups in total. The van der Waals surface area contributed by atoms with Gasteiger partial charge in [0.05, 0.1) is 14.2 Å². The van der Waals surface area contributed by atoms with E-state index >= 15 is 0 Å². The van der Waals surface area contributed by atoms with E-state index in [2.05, 4.69) is 25.7 Å². The number of nitrogens with zero attached hydrogens (tertiary/aromatic N) is 2. The maximum atomic E-state index is 13.6. The molecule has 1 fully saturated rings. The minimum atomic E-state index is -0.444. The van der Waals surface area contributed by atoms with Gasteiger partial charge in [-0.15, -0.1) is 0 Å². The van der Waals surface area contributed by atoms with Gasteiger partial charge in [0.2, 0.25) is 12.7 Å². The molecule has 2 atom stereocenters. The van der Waals surface area contributed by atoms with Crippen LogP contribution in [0.25, 0.3) is 0 Å². The van der Waals surface area contributed by atoms with Crippen LogP contribution in [-0.4, -0.2) is 61.3 Å². The molecule has 2 aromatic rings. The fraction of sp³-hybridized carbons (Fsp3) is 0.500. The Labute approximate surface area is 213 Å². The summed E-state index contributed by atoms with van der Waals surface area (Å²) < 4.78 is 21.5. The lowest BCUT2D eigenvalue weighted by Crippen LogP contribution is -2.42. The first-order valence-corrected chi connectivity index (χ1v) is 12.3. The molecule has 2 aliphatic heterocycles. The lowest BCUT2D eigenvalue weighted by Gasteiger charge is -2.32. The molecule has 8 heteroatoms. The molecule has 0 saturated carbocycles. The minimum Gasteiger partial charge on any atom is -0.497 e. The Hall–Kier alpha value is -3.26. The van der Waals surface area contributed by atoms with Crippen LogP contribution < -0.4 is 14.2 Å². The van der Waals surface area contributed by atoms with Gasteiger partial charge in [-0.05, 0) is 47.2 Å². The van der Waals surface area contributed by atoms with Crippen molar-refractivity contribution >= 4 is 11.9 Å².